The van der Waals surface area contributed by atoms with Crippen LogP contribution in [0.5, 0.6) is 0 Å². The van der Waals surface area contributed by atoms with E-state index in [-0.39, 0.29) is 31.4 Å². The third-order valence-electron chi connectivity index (χ3n) is 5.59. The summed E-state index contributed by atoms with van der Waals surface area (Å²) in [5, 5.41) is 0. The first-order chi connectivity index (χ1) is 14.6. The number of esters is 1. The van der Waals surface area contributed by atoms with Gasteiger partial charge in [-0.1, -0.05) is 18.2 Å². The molecule has 1 saturated heterocycles. The Balaban J connectivity index is 1.34. The quantitative estimate of drug-likeness (QED) is 0.544. The molecule has 7 heteroatoms. The van der Waals surface area contributed by atoms with Crippen molar-refractivity contribution in [1.82, 2.24) is 0 Å². The number of fused-ring (bicyclic) bond motifs is 1. The Morgan fingerprint density at radius 2 is 1.90 bits per heavy atom. The van der Waals surface area contributed by atoms with Crippen LogP contribution in [-0.4, -0.2) is 43.7 Å². The summed E-state index contributed by atoms with van der Waals surface area (Å²) in [7, 11) is 0. The molecule has 6 nitrogen and oxygen atoms in total. The number of anilines is 2. The molecule has 2 aromatic carbocycles. The lowest BCUT2D eigenvalue weighted by atomic mass is 10.0. The fraction of sp³-hybridized carbons (Fsp3) is 0.348. The van der Waals surface area contributed by atoms with Gasteiger partial charge in [0.25, 0.3) is 5.91 Å². The van der Waals surface area contributed by atoms with Crippen LogP contribution < -0.4 is 9.80 Å². The summed E-state index contributed by atoms with van der Waals surface area (Å²) < 4.78 is 5.31. The van der Waals surface area contributed by atoms with Gasteiger partial charge in [0, 0.05) is 35.8 Å². The maximum absolute atomic E-state index is 12.7. The van der Waals surface area contributed by atoms with E-state index in [2.05, 4.69) is 0 Å². The summed E-state index contributed by atoms with van der Waals surface area (Å²) in [5.41, 5.74) is 2.79. The van der Waals surface area contributed by atoms with E-state index in [4.69, 9.17) is 4.74 Å². The van der Waals surface area contributed by atoms with Gasteiger partial charge in [-0.25, -0.2) is 0 Å². The van der Waals surface area contributed by atoms with Crippen LogP contribution in [-0.2, 0) is 25.5 Å². The minimum Gasteiger partial charge on any atom is -0.455 e. The van der Waals surface area contributed by atoms with Crippen LogP contribution in [0.2, 0.25) is 0 Å². The third kappa shape index (κ3) is 4.21. The molecule has 4 rings (SSSR count). The lowest BCUT2D eigenvalue weighted by Crippen LogP contribution is -2.39. The van der Waals surface area contributed by atoms with E-state index >= 15 is 0 Å². The monoisotopic (exact) mass is 424 g/mol. The van der Waals surface area contributed by atoms with Crippen LogP contribution in [0.3, 0.4) is 0 Å². The highest BCUT2D eigenvalue weighted by atomic mass is 32.2. The highest BCUT2D eigenvalue weighted by Crippen LogP contribution is 2.29. The fourth-order valence-corrected chi connectivity index (χ4v) is 4.41. The molecule has 0 bridgehead atoms. The van der Waals surface area contributed by atoms with Gasteiger partial charge in [-0.15, -0.1) is 11.8 Å². The van der Waals surface area contributed by atoms with Crippen molar-refractivity contribution in [3.8, 4) is 0 Å². The van der Waals surface area contributed by atoms with Crippen molar-refractivity contribution in [2.24, 2.45) is 5.92 Å². The molecule has 0 aromatic heterocycles. The highest BCUT2D eigenvalue weighted by Gasteiger charge is 2.36. The molecule has 0 radical (unpaired) electrons. The number of hydrogen-bond acceptors (Lipinski definition) is 5. The Hall–Kier alpha value is -2.80. The lowest BCUT2D eigenvalue weighted by Gasteiger charge is -2.29. The van der Waals surface area contributed by atoms with Crippen LogP contribution in [0.4, 0.5) is 11.4 Å². The van der Waals surface area contributed by atoms with E-state index in [0.717, 1.165) is 34.7 Å². The Bertz CT molecular complexity index is 960. The minimum absolute atomic E-state index is 0.101. The number of rotatable bonds is 5. The first-order valence-electron chi connectivity index (χ1n) is 10.1. The second-order valence-electron chi connectivity index (χ2n) is 7.49. The van der Waals surface area contributed by atoms with Gasteiger partial charge in [0.1, 0.15) is 0 Å². The summed E-state index contributed by atoms with van der Waals surface area (Å²) in [6, 6.07) is 15.5. The summed E-state index contributed by atoms with van der Waals surface area (Å²) in [4.78, 5) is 42.0. The van der Waals surface area contributed by atoms with Gasteiger partial charge in [0.2, 0.25) is 5.91 Å². The Labute approximate surface area is 180 Å². The maximum Gasteiger partial charge on any atom is 0.311 e. The van der Waals surface area contributed by atoms with Gasteiger partial charge in [0.15, 0.2) is 6.61 Å². The van der Waals surface area contributed by atoms with Gasteiger partial charge >= 0.3 is 5.97 Å². The fourth-order valence-electron chi connectivity index (χ4n) is 4.00. The number of amides is 2. The molecular formula is C23H24N2O4S. The van der Waals surface area contributed by atoms with Crippen molar-refractivity contribution < 1.29 is 19.1 Å². The molecule has 2 amide bonds. The van der Waals surface area contributed by atoms with Crippen molar-refractivity contribution in [2.45, 2.75) is 24.2 Å². The van der Waals surface area contributed by atoms with Gasteiger partial charge in [-0.05, 0) is 55.0 Å². The number of benzene rings is 2. The van der Waals surface area contributed by atoms with Gasteiger partial charge in [-0.3, -0.25) is 14.4 Å². The molecule has 1 fully saturated rings. The molecule has 2 aromatic rings. The topological polar surface area (TPSA) is 66.9 Å². The first-order valence-corrected chi connectivity index (χ1v) is 11.3. The van der Waals surface area contributed by atoms with E-state index in [0.29, 0.717) is 6.54 Å². The van der Waals surface area contributed by atoms with Crippen LogP contribution in [0, 0.1) is 5.92 Å². The van der Waals surface area contributed by atoms with Crippen molar-refractivity contribution in [3.63, 3.8) is 0 Å². The van der Waals surface area contributed by atoms with Gasteiger partial charge in [-0.2, -0.15) is 0 Å². The Kier molecular flexibility index (Phi) is 6.08. The van der Waals surface area contributed by atoms with E-state index < -0.39 is 11.9 Å². The molecule has 0 saturated carbocycles. The zero-order valence-corrected chi connectivity index (χ0v) is 17.7. The smallest absolute Gasteiger partial charge is 0.311 e. The first kappa shape index (κ1) is 20.5. The van der Waals surface area contributed by atoms with E-state index in [1.165, 1.54) is 0 Å². The predicted molar refractivity (Wildman–Crippen MR) is 117 cm³/mol. The number of hydrogen-bond donors (Lipinski definition) is 0. The lowest BCUT2D eigenvalue weighted by molar-refractivity contribution is -0.151. The number of nitrogens with zero attached hydrogens (tertiary/aromatic N) is 2. The van der Waals surface area contributed by atoms with E-state index in [9.17, 15) is 14.4 Å². The summed E-state index contributed by atoms with van der Waals surface area (Å²) in [6.45, 7) is 0.590. The SMILES string of the molecule is CSc1ccc(N2CC(C(=O)OCC(=O)N3CCCc4ccccc43)CC2=O)cc1. The molecule has 156 valence electrons. The third-order valence-corrected chi connectivity index (χ3v) is 6.34. The molecule has 2 aliphatic rings. The second kappa shape index (κ2) is 8.92. The predicted octanol–water partition coefficient (Wildman–Crippen LogP) is 3.28. The summed E-state index contributed by atoms with van der Waals surface area (Å²) in [6.07, 6.45) is 3.92. The van der Waals surface area contributed by atoms with Crippen molar-refractivity contribution in [2.75, 3.05) is 35.8 Å². The minimum atomic E-state index is -0.556. The van der Waals surface area contributed by atoms with E-state index in [1.807, 2.05) is 54.8 Å². The van der Waals surface area contributed by atoms with Crippen molar-refractivity contribution in [3.05, 3.63) is 54.1 Å². The molecular weight excluding hydrogens is 400 g/mol. The van der Waals surface area contributed by atoms with Crippen LogP contribution in [0.1, 0.15) is 18.4 Å². The van der Waals surface area contributed by atoms with Crippen molar-refractivity contribution >= 4 is 40.9 Å². The molecule has 2 aliphatic heterocycles. The molecule has 0 N–H and O–H groups in total. The van der Waals surface area contributed by atoms with Crippen LogP contribution in [0.25, 0.3) is 0 Å². The zero-order valence-electron chi connectivity index (χ0n) is 16.9. The van der Waals surface area contributed by atoms with Crippen LogP contribution in [0.15, 0.2) is 53.4 Å². The van der Waals surface area contributed by atoms with Crippen LogP contribution >= 0.6 is 11.8 Å². The number of thioether (sulfide) groups is 1. The molecule has 1 atom stereocenters. The molecule has 2 heterocycles. The number of carbonyl (C=O) groups is 3. The van der Waals surface area contributed by atoms with Crippen molar-refractivity contribution in [1.29, 1.82) is 0 Å². The number of carbonyl (C=O) groups excluding carboxylic acids is 3. The molecule has 30 heavy (non-hydrogen) atoms. The largest absolute Gasteiger partial charge is 0.455 e. The number of aryl methyl sites for hydroxylation is 1. The number of para-hydroxylation sites is 1. The molecule has 0 aliphatic carbocycles. The second-order valence-corrected chi connectivity index (χ2v) is 8.37. The molecule has 0 spiro atoms. The van der Waals surface area contributed by atoms with Gasteiger partial charge in [0.05, 0.1) is 5.92 Å². The van der Waals surface area contributed by atoms with Gasteiger partial charge < -0.3 is 14.5 Å². The average Bonchev–Trinajstić information content (AvgIpc) is 3.18. The molecule has 1 unspecified atom stereocenters. The highest BCUT2D eigenvalue weighted by molar-refractivity contribution is 7.98. The normalized spacial score (nSPS) is 18.3. The Morgan fingerprint density at radius 3 is 2.67 bits per heavy atom. The van der Waals surface area contributed by atoms with E-state index in [1.54, 1.807) is 21.6 Å². The zero-order chi connectivity index (χ0) is 21.1. The summed E-state index contributed by atoms with van der Waals surface area (Å²) in [5.74, 6) is -1.39. The summed E-state index contributed by atoms with van der Waals surface area (Å²) >= 11 is 1.63. The standard InChI is InChI=1S/C23H24N2O4S/c1-30-19-10-8-18(9-11-19)25-14-17(13-21(25)26)23(28)29-15-22(27)24-12-4-6-16-5-2-3-7-20(16)24/h2-3,5,7-11,17H,4,6,12-15H2,1H3. The average molecular weight is 425 g/mol. The maximum atomic E-state index is 12.7. The Morgan fingerprint density at radius 1 is 1.13 bits per heavy atom. The number of ether oxygens (including phenoxy) is 1.